The lowest BCUT2D eigenvalue weighted by atomic mass is 10.1. The molecule has 12 nitrogen and oxygen atoms in total. The Morgan fingerprint density at radius 1 is 1.15 bits per heavy atom. The lowest BCUT2D eigenvalue weighted by Crippen LogP contribution is -2.29. The molecular formula is C26H30N8O4S. The van der Waals surface area contributed by atoms with Gasteiger partial charge in [-0.25, -0.2) is 33.3 Å². The van der Waals surface area contributed by atoms with Crippen molar-refractivity contribution in [3.63, 3.8) is 0 Å². The minimum atomic E-state index is -3.35. The molecule has 0 spiro atoms. The number of aromatic nitrogens is 7. The summed E-state index contributed by atoms with van der Waals surface area (Å²) in [6, 6.07) is 2.92. The molecule has 4 aromatic rings. The average molecular weight is 551 g/mol. The Labute approximate surface area is 225 Å². The Hall–Kier alpha value is -4.00. The van der Waals surface area contributed by atoms with Crippen molar-refractivity contribution in [3.05, 3.63) is 52.1 Å². The van der Waals surface area contributed by atoms with Crippen molar-refractivity contribution in [1.82, 2.24) is 34.5 Å². The second-order valence-electron chi connectivity index (χ2n) is 9.73. The molecule has 0 aromatic carbocycles. The Bertz CT molecular complexity index is 1720. The number of ether oxygens (including phenoxy) is 1. The first-order valence-electron chi connectivity index (χ1n) is 12.7. The van der Waals surface area contributed by atoms with E-state index < -0.39 is 9.84 Å². The summed E-state index contributed by atoms with van der Waals surface area (Å²) >= 11 is 0. The Morgan fingerprint density at radius 2 is 1.92 bits per heavy atom. The lowest BCUT2D eigenvalue weighted by Gasteiger charge is -2.19. The summed E-state index contributed by atoms with van der Waals surface area (Å²) in [5, 5.41) is 3.07. The van der Waals surface area contributed by atoms with Crippen molar-refractivity contribution >= 4 is 26.8 Å². The molecule has 5 rings (SSSR count). The van der Waals surface area contributed by atoms with Crippen LogP contribution < -0.4 is 15.6 Å². The molecule has 204 valence electrons. The molecular weight excluding hydrogens is 520 g/mol. The molecule has 0 saturated heterocycles. The van der Waals surface area contributed by atoms with Crippen molar-refractivity contribution < 1.29 is 13.2 Å². The largest absolute Gasteiger partial charge is 0.480 e. The molecule has 0 bridgehead atoms. The van der Waals surface area contributed by atoms with E-state index in [1.54, 1.807) is 17.7 Å². The van der Waals surface area contributed by atoms with Crippen LogP contribution in [0.2, 0.25) is 0 Å². The van der Waals surface area contributed by atoms with Gasteiger partial charge in [0.25, 0.3) is 5.56 Å². The molecule has 1 aliphatic rings. The maximum atomic E-state index is 13.7. The van der Waals surface area contributed by atoms with Gasteiger partial charge < -0.3 is 10.1 Å². The molecule has 1 atom stereocenters. The van der Waals surface area contributed by atoms with Gasteiger partial charge >= 0.3 is 0 Å². The quantitative estimate of drug-likeness (QED) is 0.326. The van der Waals surface area contributed by atoms with Crippen LogP contribution in [0.15, 0.2) is 34.3 Å². The minimum Gasteiger partial charge on any atom is -0.480 e. The fourth-order valence-electron chi connectivity index (χ4n) is 4.36. The smallest absolute Gasteiger partial charge is 0.295 e. The molecule has 1 saturated carbocycles. The van der Waals surface area contributed by atoms with Gasteiger partial charge in [-0.05, 0) is 45.2 Å². The predicted molar refractivity (Wildman–Crippen MR) is 146 cm³/mol. The number of sulfone groups is 1. The van der Waals surface area contributed by atoms with Crippen LogP contribution in [0.4, 0.5) is 5.82 Å². The Morgan fingerprint density at radius 3 is 2.54 bits per heavy atom. The minimum absolute atomic E-state index is 0.128. The number of nitrogens with zero attached hydrogens (tertiary/aromatic N) is 7. The predicted octanol–water partition coefficient (Wildman–Crippen LogP) is 3.22. The van der Waals surface area contributed by atoms with Crippen molar-refractivity contribution in [3.8, 4) is 17.3 Å². The van der Waals surface area contributed by atoms with Gasteiger partial charge in [0.05, 0.1) is 35.6 Å². The number of pyridine rings is 1. The molecule has 13 heteroatoms. The van der Waals surface area contributed by atoms with Crippen LogP contribution in [0.25, 0.3) is 22.6 Å². The normalized spacial score (nSPS) is 14.4. The van der Waals surface area contributed by atoms with E-state index in [0.29, 0.717) is 52.2 Å². The van der Waals surface area contributed by atoms with Crippen molar-refractivity contribution in [2.24, 2.45) is 0 Å². The van der Waals surface area contributed by atoms with E-state index in [0.717, 1.165) is 24.8 Å². The molecule has 0 amide bonds. The highest BCUT2D eigenvalue weighted by atomic mass is 32.2. The zero-order valence-corrected chi connectivity index (χ0v) is 23.3. The summed E-state index contributed by atoms with van der Waals surface area (Å²) in [6.07, 6.45) is 6.66. The van der Waals surface area contributed by atoms with Crippen LogP contribution in [-0.2, 0) is 16.4 Å². The number of rotatable bonds is 9. The molecule has 0 unspecified atom stereocenters. The fraction of sp³-hybridized carbons (Fsp3) is 0.423. The molecule has 4 heterocycles. The van der Waals surface area contributed by atoms with Crippen LogP contribution in [-0.4, -0.2) is 56.3 Å². The van der Waals surface area contributed by atoms with Gasteiger partial charge in [0.15, 0.2) is 27.1 Å². The Balaban J connectivity index is 1.60. The molecule has 1 fully saturated rings. The zero-order chi connectivity index (χ0) is 27.9. The van der Waals surface area contributed by atoms with Gasteiger partial charge in [-0.15, -0.1) is 0 Å². The van der Waals surface area contributed by atoms with Gasteiger partial charge in [0, 0.05) is 24.4 Å². The standard InChI is InChI=1S/C26H30N8O4S/c1-6-14(2)34-24-20(32-23(26(34)35)28-11-17-9-10-18(12-27-17)39(5,36)37)15(3)31-22(33-24)19-21(16-7-8-16)29-13-30-25(19)38-4/h9-10,12-14,16H,6-8,11H2,1-5H3,(H,28,32)/t14-/m1/s1. The number of anilines is 1. The second-order valence-corrected chi connectivity index (χ2v) is 11.7. The SMILES string of the molecule is CC[C@@H](C)n1c(=O)c(NCc2ccc(S(C)(=O)=O)cn2)nc2c(C)nc(-c3c(OC)ncnc3C3CC3)nc21. The number of hydrogen-bond acceptors (Lipinski definition) is 11. The molecule has 39 heavy (non-hydrogen) atoms. The van der Waals surface area contributed by atoms with E-state index in [4.69, 9.17) is 14.7 Å². The Kier molecular flexibility index (Phi) is 7.02. The van der Waals surface area contributed by atoms with Crippen molar-refractivity contribution in [2.45, 2.75) is 63.4 Å². The first-order valence-corrected chi connectivity index (χ1v) is 14.6. The molecule has 1 N–H and O–H groups in total. The van der Waals surface area contributed by atoms with Crippen molar-refractivity contribution in [1.29, 1.82) is 0 Å². The second kappa shape index (κ2) is 10.3. The van der Waals surface area contributed by atoms with E-state index >= 15 is 0 Å². The van der Waals surface area contributed by atoms with Crippen LogP contribution in [0.5, 0.6) is 5.88 Å². The lowest BCUT2D eigenvalue weighted by molar-refractivity contribution is 0.397. The van der Waals surface area contributed by atoms with E-state index in [-0.39, 0.29) is 28.9 Å². The van der Waals surface area contributed by atoms with E-state index in [9.17, 15) is 13.2 Å². The van der Waals surface area contributed by atoms with Crippen LogP contribution in [0.3, 0.4) is 0 Å². The van der Waals surface area contributed by atoms with Crippen LogP contribution in [0, 0.1) is 6.92 Å². The number of fused-ring (bicyclic) bond motifs is 1. The molecule has 0 aliphatic heterocycles. The summed E-state index contributed by atoms with van der Waals surface area (Å²) < 4.78 is 30.6. The highest BCUT2D eigenvalue weighted by molar-refractivity contribution is 7.90. The van der Waals surface area contributed by atoms with Gasteiger partial charge in [-0.1, -0.05) is 6.92 Å². The number of aryl methyl sites for hydroxylation is 1. The van der Waals surface area contributed by atoms with Crippen LogP contribution >= 0.6 is 0 Å². The first-order chi connectivity index (χ1) is 18.6. The van der Waals surface area contributed by atoms with Gasteiger partial charge in [0.1, 0.15) is 17.4 Å². The average Bonchev–Trinajstić information content (AvgIpc) is 3.76. The maximum absolute atomic E-state index is 13.7. The summed E-state index contributed by atoms with van der Waals surface area (Å²) in [6.45, 7) is 5.96. The van der Waals surface area contributed by atoms with Gasteiger partial charge in [-0.3, -0.25) is 14.3 Å². The van der Waals surface area contributed by atoms with Gasteiger partial charge in [0.2, 0.25) is 5.88 Å². The highest BCUT2D eigenvalue weighted by Gasteiger charge is 2.32. The van der Waals surface area contributed by atoms with E-state index in [1.165, 1.54) is 18.6 Å². The molecule has 4 aromatic heterocycles. The van der Waals surface area contributed by atoms with Crippen molar-refractivity contribution in [2.75, 3.05) is 18.7 Å². The van der Waals surface area contributed by atoms with Gasteiger partial charge in [-0.2, -0.15) is 0 Å². The number of hydrogen-bond donors (Lipinski definition) is 1. The maximum Gasteiger partial charge on any atom is 0.295 e. The third-order valence-electron chi connectivity index (χ3n) is 6.83. The third kappa shape index (κ3) is 5.18. The summed E-state index contributed by atoms with van der Waals surface area (Å²) in [7, 11) is -1.80. The van der Waals surface area contributed by atoms with Crippen LogP contribution in [0.1, 0.15) is 62.2 Å². The highest BCUT2D eigenvalue weighted by Crippen LogP contribution is 2.45. The topological polar surface area (TPSA) is 155 Å². The van der Waals surface area contributed by atoms with E-state index in [2.05, 4.69) is 25.3 Å². The summed E-state index contributed by atoms with van der Waals surface area (Å²) in [5.41, 5.74) is 3.23. The number of methoxy groups -OCH3 is 1. The monoisotopic (exact) mass is 550 g/mol. The number of nitrogens with one attached hydrogen (secondary N) is 1. The summed E-state index contributed by atoms with van der Waals surface area (Å²) in [5.74, 6) is 1.23. The van der Waals surface area contributed by atoms with E-state index in [1.807, 2.05) is 20.8 Å². The zero-order valence-electron chi connectivity index (χ0n) is 22.5. The third-order valence-corrected chi connectivity index (χ3v) is 7.93. The summed E-state index contributed by atoms with van der Waals surface area (Å²) in [4.78, 5) is 41.0. The molecule has 1 aliphatic carbocycles. The fourth-order valence-corrected chi connectivity index (χ4v) is 4.92. The first kappa shape index (κ1) is 26.6. The molecule has 0 radical (unpaired) electrons.